The van der Waals surface area contributed by atoms with E-state index in [1.165, 1.54) is 0 Å². The minimum Gasteiger partial charge on any atom is -0.347 e. The second-order valence-corrected chi connectivity index (χ2v) is 5.12. The van der Waals surface area contributed by atoms with Crippen LogP contribution >= 0.6 is 12.4 Å². The highest BCUT2D eigenvalue weighted by Gasteiger charge is 2.26. The number of aromatic nitrogens is 2. The van der Waals surface area contributed by atoms with Crippen molar-refractivity contribution >= 4 is 18.4 Å². The second-order valence-electron chi connectivity index (χ2n) is 5.12. The Balaban J connectivity index is 0.00000162. The van der Waals surface area contributed by atoms with Gasteiger partial charge in [0.05, 0.1) is 0 Å². The van der Waals surface area contributed by atoms with Crippen LogP contribution in [0.2, 0.25) is 0 Å². The van der Waals surface area contributed by atoms with Crippen molar-refractivity contribution in [1.29, 1.82) is 0 Å². The van der Waals surface area contributed by atoms with Crippen LogP contribution in [0.5, 0.6) is 0 Å². The Morgan fingerprint density at radius 2 is 1.94 bits per heavy atom. The molecule has 2 rings (SSSR count). The van der Waals surface area contributed by atoms with Crippen LogP contribution in [0.4, 0.5) is 5.95 Å². The monoisotopic (exact) mass is 271 g/mol. The van der Waals surface area contributed by atoms with Gasteiger partial charge in [0.2, 0.25) is 5.95 Å². The molecule has 1 aromatic heterocycles. The summed E-state index contributed by atoms with van der Waals surface area (Å²) in [6, 6.07) is 0.303. The van der Waals surface area contributed by atoms with Gasteiger partial charge >= 0.3 is 0 Å². The van der Waals surface area contributed by atoms with Gasteiger partial charge in [-0.3, -0.25) is 4.90 Å². The minimum atomic E-state index is 0. The molecule has 5 nitrogen and oxygen atoms in total. The van der Waals surface area contributed by atoms with Crippen LogP contribution in [0.1, 0.15) is 12.5 Å². The van der Waals surface area contributed by atoms with E-state index < -0.39 is 0 Å². The van der Waals surface area contributed by atoms with Gasteiger partial charge in [-0.25, -0.2) is 9.97 Å². The van der Waals surface area contributed by atoms with E-state index in [1.807, 2.05) is 31.4 Å². The number of likely N-dealkylation sites (tertiary alicyclic amines) is 1. The Kier molecular flexibility index (Phi) is 5.31. The zero-order valence-corrected chi connectivity index (χ0v) is 12.0. The molecule has 1 aliphatic heterocycles. The molecular weight excluding hydrogens is 250 g/mol. The molecular formula is C12H22ClN5. The summed E-state index contributed by atoms with van der Waals surface area (Å²) in [5.41, 5.74) is 7.16. The first-order valence-corrected chi connectivity index (χ1v) is 6.02. The van der Waals surface area contributed by atoms with Crippen LogP contribution in [0.3, 0.4) is 0 Å². The Morgan fingerprint density at radius 3 is 2.39 bits per heavy atom. The van der Waals surface area contributed by atoms with Gasteiger partial charge in [-0.15, -0.1) is 12.4 Å². The van der Waals surface area contributed by atoms with Crippen molar-refractivity contribution < 1.29 is 0 Å². The molecule has 1 aromatic rings. The van der Waals surface area contributed by atoms with Crippen LogP contribution < -0.4 is 10.6 Å². The number of nitrogens with two attached hydrogens (primary N) is 1. The van der Waals surface area contributed by atoms with Crippen LogP contribution in [0.25, 0.3) is 0 Å². The molecule has 0 aromatic carbocycles. The van der Waals surface area contributed by atoms with Crippen molar-refractivity contribution in [3.05, 3.63) is 18.0 Å². The van der Waals surface area contributed by atoms with Crippen molar-refractivity contribution in [2.24, 2.45) is 11.7 Å². The van der Waals surface area contributed by atoms with Gasteiger partial charge in [0.25, 0.3) is 0 Å². The predicted molar refractivity (Wildman–Crippen MR) is 76.0 cm³/mol. The van der Waals surface area contributed by atoms with Gasteiger partial charge in [-0.2, -0.15) is 0 Å². The van der Waals surface area contributed by atoms with Gasteiger partial charge < -0.3 is 10.6 Å². The van der Waals surface area contributed by atoms with Gasteiger partial charge in [0.1, 0.15) is 0 Å². The maximum Gasteiger partial charge on any atom is 0.224 e. The van der Waals surface area contributed by atoms with Crippen LogP contribution in [-0.4, -0.2) is 48.1 Å². The maximum absolute atomic E-state index is 6.01. The standard InChI is InChI=1S/C12H21N5.ClH/c1-9-6-17(8-11(9)13)7-10-4-14-12(15-5-10)16(2)3;/h4-5,9,11H,6-8,13H2,1-3H3;1H. The number of rotatable bonds is 3. The molecule has 2 unspecified atom stereocenters. The fourth-order valence-electron chi connectivity index (χ4n) is 2.14. The fraction of sp³-hybridized carbons (Fsp3) is 0.667. The quantitative estimate of drug-likeness (QED) is 0.879. The summed E-state index contributed by atoms with van der Waals surface area (Å²) in [6.45, 7) is 5.13. The third kappa shape index (κ3) is 3.54. The Morgan fingerprint density at radius 1 is 1.33 bits per heavy atom. The van der Waals surface area contributed by atoms with E-state index in [1.54, 1.807) is 0 Å². The summed E-state index contributed by atoms with van der Waals surface area (Å²) in [7, 11) is 3.88. The average molecular weight is 272 g/mol. The summed E-state index contributed by atoms with van der Waals surface area (Å²) in [5.74, 6) is 1.33. The molecule has 0 spiro atoms. The molecule has 6 heteroatoms. The van der Waals surface area contributed by atoms with E-state index in [2.05, 4.69) is 21.8 Å². The van der Waals surface area contributed by atoms with E-state index in [0.29, 0.717) is 12.0 Å². The third-order valence-corrected chi connectivity index (χ3v) is 3.24. The average Bonchev–Trinajstić information content (AvgIpc) is 2.58. The lowest BCUT2D eigenvalue weighted by atomic mass is 10.1. The summed E-state index contributed by atoms with van der Waals surface area (Å²) in [5, 5.41) is 0. The van der Waals surface area contributed by atoms with Gasteiger partial charge in [-0.1, -0.05) is 6.92 Å². The Bertz CT molecular complexity index is 357. The Labute approximate surface area is 115 Å². The fourth-order valence-corrected chi connectivity index (χ4v) is 2.14. The smallest absolute Gasteiger partial charge is 0.224 e. The van der Waals surface area contributed by atoms with Crippen molar-refractivity contribution in [1.82, 2.24) is 14.9 Å². The van der Waals surface area contributed by atoms with Crippen LogP contribution in [-0.2, 0) is 6.54 Å². The lowest BCUT2D eigenvalue weighted by Gasteiger charge is -2.15. The topological polar surface area (TPSA) is 58.3 Å². The van der Waals surface area contributed by atoms with Crippen molar-refractivity contribution in [2.75, 3.05) is 32.1 Å². The summed E-state index contributed by atoms with van der Waals surface area (Å²) >= 11 is 0. The number of hydrogen-bond donors (Lipinski definition) is 1. The van der Waals surface area contributed by atoms with Crippen LogP contribution in [0.15, 0.2) is 12.4 Å². The van der Waals surface area contributed by atoms with Crippen LogP contribution in [0, 0.1) is 5.92 Å². The summed E-state index contributed by atoms with van der Waals surface area (Å²) in [6.07, 6.45) is 3.80. The maximum atomic E-state index is 6.01. The molecule has 1 fully saturated rings. The zero-order chi connectivity index (χ0) is 12.4. The van der Waals surface area contributed by atoms with Crippen molar-refractivity contribution in [3.63, 3.8) is 0 Å². The van der Waals surface area contributed by atoms with Crippen molar-refractivity contribution in [2.45, 2.75) is 19.5 Å². The summed E-state index contributed by atoms with van der Waals surface area (Å²) < 4.78 is 0. The minimum absolute atomic E-state index is 0. The lowest BCUT2D eigenvalue weighted by Crippen LogP contribution is -2.28. The highest BCUT2D eigenvalue weighted by molar-refractivity contribution is 5.85. The van der Waals surface area contributed by atoms with E-state index in [4.69, 9.17) is 5.73 Å². The highest BCUT2D eigenvalue weighted by atomic mass is 35.5. The first kappa shape index (κ1) is 15.1. The first-order chi connectivity index (χ1) is 8.06. The number of anilines is 1. The summed E-state index contributed by atoms with van der Waals surface area (Å²) in [4.78, 5) is 12.9. The molecule has 0 amide bonds. The lowest BCUT2D eigenvalue weighted by molar-refractivity contribution is 0.318. The predicted octanol–water partition coefficient (Wildman–Crippen LogP) is 0.743. The SMILES string of the molecule is CC1CN(Cc2cnc(N(C)C)nc2)CC1N.Cl. The van der Waals surface area contributed by atoms with Gasteiger partial charge in [0, 0.05) is 57.7 Å². The van der Waals surface area contributed by atoms with E-state index in [9.17, 15) is 0 Å². The molecule has 0 saturated carbocycles. The number of nitrogens with zero attached hydrogens (tertiary/aromatic N) is 4. The molecule has 2 heterocycles. The highest BCUT2D eigenvalue weighted by Crippen LogP contribution is 2.17. The van der Waals surface area contributed by atoms with Gasteiger partial charge in [0.15, 0.2) is 0 Å². The molecule has 0 bridgehead atoms. The molecule has 102 valence electrons. The molecule has 0 radical (unpaired) electrons. The zero-order valence-electron chi connectivity index (χ0n) is 11.2. The van der Waals surface area contributed by atoms with E-state index in [-0.39, 0.29) is 12.4 Å². The first-order valence-electron chi connectivity index (χ1n) is 6.02. The molecule has 1 aliphatic rings. The number of hydrogen-bond acceptors (Lipinski definition) is 5. The number of halogens is 1. The normalized spacial score (nSPS) is 23.8. The molecule has 1 saturated heterocycles. The third-order valence-electron chi connectivity index (χ3n) is 3.24. The van der Waals surface area contributed by atoms with Crippen molar-refractivity contribution in [3.8, 4) is 0 Å². The molecule has 0 aliphatic carbocycles. The van der Waals surface area contributed by atoms with Gasteiger partial charge in [-0.05, 0) is 5.92 Å². The van der Waals surface area contributed by atoms with E-state index in [0.717, 1.165) is 31.1 Å². The molecule has 2 N–H and O–H groups in total. The Hall–Kier alpha value is -0.910. The second kappa shape index (κ2) is 6.31. The molecule has 18 heavy (non-hydrogen) atoms. The van der Waals surface area contributed by atoms with E-state index >= 15 is 0 Å². The molecule has 2 atom stereocenters. The largest absolute Gasteiger partial charge is 0.347 e.